The van der Waals surface area contributed by atoms with Crippen LogP contribution in [0.5, 0.6) is 5.75 Å². The van der Waals surface area contributed by atoms with E-state index in [2.05, 4.69) is 62.4 Å². The third-order valence-electron chi connectivity index (χ3n) is 4.86. The second-order valence-corrected chi connectivity index (χ2v) is 7.81. The van der Waals surface area contributed by atoms with Gasteiger partial charge in [-0.1, -0.05) is 57.6 Å². The molecule has 0 radical (unpaired) electrons. The lowest BCUT2D eigenvalue weighted by molar-refractivity contribution is 0.304. The first-order valence-corrected chi connectivity index (χ1v) is 10.7. The number of aryl methyl sites for hydroxylation is 1. The van der Waals surface area contributed by atoms with Crippen LogP contribution in [-0.4, -0.2) is 44.7 Å². The van der Waals surface area contributed by atoms with Gasteiger partial charge in [0.1, 0.15) is 5.75 Å². The monoisotopic (exact) mass is 434 g/mol. The van der Waals surface area contributed by atoms with Crippen molar-refractivity contribution in [3.8, 4) is 5.75 Å². The van der Waals surface area contributed by atoms with Crippen molar-refractivity contribution < 1.29 is 4.74 Å². The number of benzene rings is 1. The van der Waals surface area contributed by atoms with E-state index in [-0.39, 0.29) is 24.8 Å². The third kappa shape index (κ3) is 16.5. The van der Waals surface area contributed by atoms with Crippen LogP contribution in [0.4, 0.5) is 0 Å². The van der Waals surface area contributed by atoms with Gasteiger partial charge in [0.15, 0.2) is 0 Å². The van der Waals surface area contributed by atoms with Crippen molar-refractivity contribution in [1.82, 2.24) is 10.2 Å². The summed E-state index contributed by atoms with van der Waals surface area (Å²) in [7, 11) is 4.23. The molecule has 3 nitrogen and oxygen atoms in total. The first kappa shape index (κ1) is 29.7. The van der Waals surface area contributed by atoms with Gasteiger partial charge in [-0.3, -0.25) is 0 Å². The molecule has 0 aliphatic carbocycles. The minimum atomic E-state index is 0. The summed E-state index contributed by atoms with van der Waals surface area (Å²) in [4.78, 5) is 2.21. The van der Waals surface area contributed by atoms with E-state index in [4.69, 9.17) is 4.74 Å². The van der Waals surface area contributed by atoms with Crippen molar-refractivity contribution in [2.24, 2.45) is 0 Å². The molecule has 1 N–H and O–H groups in total. The van der Waals surface area contributed by atoms with Gasteiger partial charge in [-0.05, 0) is 58.0 Å². The van der Waals surface area contributed by atoms with Crippen LogP contribution < -0.4 is 10.1 Å². The SMILES string of the molecule is CCCCCCCCCOc1ccc(CCC(C)NCCN(C)C)cc1.Cl.Cl. The van der Waals surface area contributed by atoms with Crippen LogP contribution >= 0.6 is 24.8 Å². The normalized spacial score (nSPS) is 11.6. The van der Waals surface area contributed by atoms with Crippen molar-refractivity contribution in [2.45, 2.75) is 77.7 Å². The predicted octanol–water partition coefficient (Wildman–Crippen LogP) is 6.13. The molecule has 0 bridgehead atoms. The number of likely N-dealkylation sites (N-methyl/N-ethyl adjacent to an activating group) is 1. The summed E-state index contributed by atoms with van der Waals surface area (Å²) < 4.78 is 5.87. The molecule has 0 heterocycles. The number of ether oxygens (including phenoxy) is 1. The predicted molar refractivity (Wildman–Crippen MR) is 129 cm³/mol. The van der Waals surface area contributed by atoms with Gasteiger partial charge >= 0.3 is 0 Å². The zero-order valence-electron chi connectivity index (χ0n) is 18.5. The molecule has 1 rings (SSSR count). The van der Waals surface area contributed by atoms with E-state index >= 15 is 0 Å². The summed E-state index contributed by atoms with van der Waals surface area (Å²) in [6.07, 6.45) is 11.6. The summed E-state index contributed by atoms with van der Waals surface area (Å²) in [6, 6.07) is 9.24. The maximum Gasteiger partial charge on any atom is 0.119 e. The quantitative estimate of drug-likeness (QED) is 0.316. The van der Waals surface area contributed by atoms with Crippen molar-refractivity contribution in [2.75, 3.05) is 33.8 Å². The Labute approximate surface area is 186 Å². The van der Waals surface area contributed by atoms with Gasteiger partial charge in [-0.15, -0.1) is 24.8 Å². The zero-order chi connectivity index (χ0) is 19.0. The maximum absolute atomic E-state index is 5.87. The Morgan fingerprint density at radius 1 is 0.929 bits per heavy atom. The summed E-state index contributed by atoms with van der Waals surface area (Å²) in [5.41, 5.74) is 1.40. The number of nitrogens with zero attached hydrogens (tertiary/aromatic N) is 1. The smallest absolute Gasteiger partial charge is 0.119 e. The molecule has 28 heavy (non-hydrogen) atoms. The lowest BCUT2D eigenvalue weighted by Gasteiger charge is -2.16. The fourth-order valence-corrected chi connectivity index (χ4v) is 3.02. The van der Waals surface area contributed by atoms with E-state index in [0.29, 0.717) is 6.04 Å². The van der Waals surface area contributed by atoms with E-state index in [1.165, 1.54) is 56.9 Å². The molecular weight excluding hydrogens is 391 g/mol. The average Bonchev–Trinajstić information content (AvgIpc) is 2.63. The molecule has 0 aromatic heterocycles. The van der Waals surface area contributed by atoms with Crippen LogP contribution in [0.2, 0.25) is 0 Å². The highest BCUT2D eigenvalue weighted by Crippen LogP contribution is 2.15. The van der Waals surface area contributed by atoms with Crippen LogP contribution in [-0.2, 0) is 6.42 Å². The van der Waals surface area contributed by atoms with Crippen molar-refractivity contribution in [3.63, 3.8) is 0 Å². The number of halogens is 2. The topological polar surface area (TPSA) is 24.5 Å². The lowest BCUT2D eigenvalue weighted by atomic mass is 10.1. The Morgan fingerprint density at radius 2 is 1.54 bits per heavy atom. The Kier molecular flexibility index (Phi) is 21.0. The molecule has 166 valence electrons. The minimum Gasteiger partial charge on any atom is -0.494 e. The average molecular weight is 436 g/mol. The van der Waals surface area contributed by atoms with Gasteiger partial charge in [0.25, 0.3) is 0 Å². The third-order valence-corrected chi connectivity index (χ3v) is 4.86. The molecule has 1 aromatic carbocycles. The highest BCUT2D eigenvalue weighted by molar-refractivity contribution is 5.85. The summed E-state index contributed by atoms with van der Waals surface area (Å²) >= 11 is 0. The van der Waals surface area contributed by atoms with Crippen molar-refractivity contribution >= 4 is 24.8 Å². The second kappa shape index (κ2) is 19.8. The van der Waals surface area contributed by atoms with Crippen LogP contribution in [0.1, 0.15) is 70.8 Å². The summed E-state index contributed by atoms with van der Waals surface area (Å²) in [5, 5.41) is 3.58. The molecule has 0 fully saturated rings. The van der Waals surface area contributed by atoms with Gasteiger partial charge in [-0.2, -0.15) is 0 Å². The highest BCUT2D eigenvalue weighted by Gasteiger charge is 2.03. The fraction of sp³-hybridized carbons (Fsp3) is 0.739. The van der Waals surface area contributed by atoms with Crippen molar-refractivity contribution in [3.05, 3.63) is 29.8 Å². The molecule has 5 heteroatoms. The molecule has 0 amide bonds. The van der Waals surface area contributed by atoms with Crippen LogP contribution in [0.15, 0.2) is 24.3 Å². The molecule has 1 aromatic rings. The van der Waals surface area contributed by atoms with Gasteiger partial charge < -0.3 is 15.0 Å². The van der Waals surface area contributed by atoms with Gasteiger partial charge in [0.2, 0.25) is 0 Å². The lowest BCUT2D eigenvalue weighted by Crippen LogP contribution is -2.33. The number of nitrogens with one attached hydrogen (secondary N) is 1. The van der Waals surface area contributed by atoms with Gasteiger partial charge in [0, 0.05) is 19.1 Å². The Balaban J connectivity index is 0. The fourth-order valence-electron chi connectivity index (χ4n) is 3.02. The second-order valence-electron chi connectivity index (χ2n) is 7.81. The largest absolute Gasteiger partial charge is 0.494 e. The molecular formula is C23H44Cl2N2O. The first-order chi connectivity index (χ1) is 12.6. The molecule has 1 unspecified atom stereocenters. The van der Waals surface area contributed by atoms with Crippen LogP contribution in [0.25, 0.3) is 0 Å². The van der Waals surface area contributed by atoms with E-state index in [0.717, 1.165) is 31.9 Å². The molecule has 0 aliphatic rings. The molecule has 0 saturated heterocycles. The zero-order valence-corrected chi connectivity index (χ0v) is 20.2. The highest BCUT2D eigenvalue weighted by atomic mass is 35.5. The van der Waals surface area contributed by atoms with E-state index in [1.807, 2.05) is 0 Å². The number of rotatable bonds is 16. The van der Waals surface area contributed by atoms with Crippen molar-refractivity contribution in [1.29, 1.82) is 0 Å². The molecule has 0 saturated carbocycles. The minimum absolute atomic E-state index is 0. The van der Waals surface area contributed by atoms with Gasteiger partial charge in [-0.25, -0.2) is 0 Å². The standard InChI is InChI=1S/C23H42N2O.2ClH/c1-5-6-7-8-9-10-11-20-26-23-16-14-22(15-17-23)13-12-21(2)24-18-19-25(3)4;;/h14-17,21,24H,5-13,18-20H2,1-4H3;2*1H. The molecule has 0 aliphatic heterocycles. The maximum atomic E-state index is 5.87. The van der Waals surface area contributed by atoms with Crippen LogP contribution in [0, 0.1) is 0 Å². The van der Waals surface area contributed by atoms with E-state index in [1.54, 1.807) is 0 Å². The first-order valence-electron chi connectivity index (χ1n) is 10.7. The van der Waals surface area contributed by atoms with E-state index < -0.39 is 0 Å². The number of unbranched alkanes of at least 4 members (excludes halogenated alkanes) is 6. The molecule has 1 atom stereocenters. The summed E-state index contributed by atoms with van der Waals surface area (Å²) in [5.74, 6) is 1.01. The number of hydrogen-bond acceptors (Lipinski definition) is 3. The van der Waals surface area contributed by atoms with Crippen LogP contribution in [0.3, 0.4) is 0 Å². The van der Waals surface area contributed by atoms with E-state index in [9.17, 15) is 0 Å². The Hall–Kier alpha value is -0.480. The Bertz CT molecular complexity index is 441. The van der Waals surface area contributed by atoms with Gasteiger partial charge in [0.05, 0.1) is 6.61 Å². The summed E-state index contributed by atoms with van der Waals surface area (Å²) in [6.45, 7) is 7.53. The number of hydrogen-bond donors (Lipinski definition) is 1. The molecule has 0 spiro atoms. The Morgan fingerprint density at radius 3 is 2.14 bits per heavy atom.